The summed E-state index contributed by atoms with van der Waals surface area (Å²) in [4.78, 5) is 0. The van der Waals surface area contributed by atoms with E-state index < -0.39 is 34.9 Å². The van der Waals surface area contributed by atoms with Crippen LogP contribution in [0.4, 0.5) is 13.2 Å². The quantitative estimate of drug-likeness (QED) is 0.251. The van der Waals surface area contributed by atoms with E-state index >= 15 is 0 Å². The van der Waals surface area contributed by atoms with Gasteiger partial charge in [-0.1, -0.05) is 0 Å². The fraction of sp³-hybridized carbons (Fsp3) is 0.308. The van der Waals surface area contributed by atoms with Gasteiger partial charge in [-0.2, -0.15) is 0 Å². The van der Waals surface area contributed by atoms with Crippen molar-refractivity contribution in [1.82, 2.24) is 0 Å². The Morgan fingerprint density at radius 3 is 1.94 bits per heavy atom. The second-order valence-electron chi connectivity index (χ2n) is 10.3. The summed E-state index contributed by atoms with van der Waals surface area (Å²) >= 11 is -3.60. The predicted molar refractivity (Wildman–Crippen MR) is 138 cm³/mol. The molecule has 0 saturated carbocycles. The van der Waals surface area contributed by atoms with Gasteiger partial charge in [0.2, 0.25) is 0 Å². The average Bonchev–Trinajstić information content (AvgIpc) is 3.19. The van der Waals surface area contributed by atoms with Crippen LogP contribution in [0.1, 0.15) is 48.0 Å². The van der Waals surface area contributed by atoms with Crippen LogP contribution in [0.2, 0.25) is 9.26 Å². The molecular weight excluding hydrogens is 559 g/mol. The standard InChI is InChI=1S/C15H8F3.C9H13.2CH3.2ClH.H2Si.Zr/c16-13-7-10(8-14(17)15(13)18)12-6-5-9-3-1-2-4-11(9)12;1-6-5-7(2)9(4)8(6)3;;;;;;/h1-8H;6H,1-4H3;2*1H3;2*1H;1H2;. The molecule has 0 radical (unpaired) electrons. The minimum Gasteiger partial charge on any atom is -0.147 e. The molecule has 2 aliphatic carbocycles. The number of rotatable bonds is 3. The smallest absolute Gasteiger partial charge is 0.147 e. The first-order valence-corrected chi connectivity index (χ1v) is 24.2. The third kappa shape index (κ3) is 4.33. The molecule has 2 aromatic carbocycles. The number of allylic oxidation sites excluding steroid dienone is 5. The summed E-state index contributed by atoms with van der Waals surface area (Å²) in [6, 6.07) is 10.4. The average molecular weight is 591 g/mol. The molecule has 0 nitrogen and oxygen atoms in total. The van der Waals surface area contributed by atoms with Gasteiger partial charge in [0.15, 0.2) is 0 Å². The summed E-state index contributed by atoms with van der Waals surface area (Å²) in [5.41, 5.74) is 7.70. The normalized spacial score (nSPS) is 20.4. The minimum absolute atomic E-state index is 0. The fourth-order valence-corrected chi connectivity index (χ4v) is 24.5. The van der Waals surface area contributed by atoms with Crippen LogP contribution < -0.4 is 0 Å². The molecule has 0 amide bonds. The topological polar surface area (TPSA) is 0 Å². The van der Waals surface area contributed by atoms with E-state index in [9.17, 15) is 13.2 Å². The molecule has 0 aliphatic heterocycles. The van der Waals surface area contributed by atoms with E-state index in [0.717, 1.165) is 23.3 Å². The fourth-order valence-electron chi connectivity index (χ4n) is 5.95. The van der Waals surface area contributed by atoms with Gasteiger partial charge in [0.25, 0.3) is 0 Å². The maximum absolute atomic E-state index is 14.1. The van der Waals surface area contributed by atoms with Crippen LogP contribution in [0.25, 0.3) is 5.57 Å². The molecule has 0 bridgehead atoms. The van der Waals surface area contributed by atoms with Crippen molar-refractivity contribution in [1.29, 1.82) is 0 Å². The Labute approximate surface area is 209 Å². The number of hydrogen-bond donors (Lipinski definition) is 0. The molecule has 2 aliphatic rings. The maximum atomic E-state index is 14.1. The Kier molecular flexibility index (Phi) is 7.99. The zero-order chi connectivity index (χ0) is 22.9. The Morgan fingerprint density at radius 2 is 1.42 bits per heavy atom. The summed E-state index contributed by atoms with van der Waals surface area (Å²) < 4.78 is 48.6. The van der Waals surface area contributed by atoms with Crippen LogP contribution in [-0.2, 0) is 17.4 Å². The van der Waals surface area contributed by atoms with E-state index in [4.69, 9.17) is 0 Å². The van der Waals surface area contributed by atoms with Crippen molar-refractivity contribution in [2.45, 2.75) is 40.6 Å². The first-order valence-electron chi connectivity index (χ1n) is 10.8. The molecule has 0 N–H and O–H groups in total. The molecule has 0 aromatic heterocycles. The zero-order valence-electron chi connectivity index (χ0n) is 19.9. The van der Waals surface area contributed by atoms with Crippen LogP contribution in [-0.4, -0.2) is 6.88 Å². The third-order valence-corrected chi connectivity index (χ3v) is 25.0. The number of benzene rings is 2. The largest absolute Gasteiger partial charge is 0.147 e. The molecule has 2 unspecified atom stereocenters. The molecule has 0 fully saturated rings. The molecule has 2 aromatic rings. The van der Waals surface area contributed by atoms with E-state index in [0.29, 0.717) is 11.5 Å². The van der Waals surface area contributed by atoms with E-state index in [-0.39, 0.29) is 28.4 Å². The van der Waals surface area contributed by atoms with Crippen molar-refractivity contribution in [2.75, 3.05) is 0 Å². The van der Waals surface area contributed by atoms with Gasteiger partial charge >= 0.3 is 186 Å². The van der Waals surface area contributed by atoms with E-state index in [1.165, 1.54) is 22.3 Å². The Hall–Kier alpha value is -0.870. The molecule has 33 heavy (non-hydrogen) atoms. The van der Waals surface area contributed by atoms with Crippen LogP contribution in [0.3, 0.4) is 0 Å². The summed E-state index contributed by atoms with van der Waals surface area (Å²) in [7, 11) is 0. The summed E-state index contributed by atoms with van der Waals surface area (Å²) in [6.07, 6.45) is 2.21. The number of fused-ring (bicyclic) bond motifs is 1. The molecule has 0 heterocycles. The van der Waals surface area contributed by atoms with Crippen LogP contribution in [0, 0.1) is 23.4 Å². The molecular formula is C26H31Cl2F3SiZr. The summed E-state index contributed by atoms with van der Waals surface area (Å²) in [5.74, 6) is -3.29. The summed E-state index contributed by atoms with van der Waals surface area (Å²) in [5, 5.41) is 0. The van der Waals surface area contributed by atoms with Crippen molar-refractivity contribution >= 4 is 37.3 Å². The van der Waals surface area contributed by atoms with Crippen molar-refractivity contribution in [3.8, 4) is 0 Å². The van der Waals surface area contributed by atoms with Crippen LogP contribution in [0.15, 0.2) is 62.5 Å². The number of halogens is 5. The van der Waals surface area contributed by atoms with Gasteiger partial charge in [0, 0.05) is 0 Å². The Bertz CT molecular complexity index is 1280. The van der Waals surface area contributed by atoms with E-state index in [1.54, 1.807) is 3.28 Å². The van der Waals surface area contributed by atoms with E-state index in [1.807, 2.05) is 18.2 Å². The van der Waals surface area contributed by atoms with Crippen molar-refractivity contribution in [3.63, 3.8) is 0 Å². The van der Waals surface area contributed by atoms with Crippen molar-refractivity contribution in [3.05, 3.63) is 96.6 Å². The first kappa shape index (κ1) is 28.4. The minimum atomic E-state index is -3.60. The Morgan fingerprint density at radius 1 is 0.879 bits per heavy atom. The van der Waals surface area contributed by atoms with E-state index in [2.05, 4.69) is 56.0 Å². The zero-order valence-corrected chi connectivity index (χ0v) is 25.4. The second-order valence-corrected chi connectivity index (χ2v) is 39.8. The van der Waals surface area contributed by atoms with Gasteiger partial charge in [0.05, 0.1) is 0 Å². The van der Waals surface area contributed by atoms with Crippen LogP contribution in [0.5, 0.6) is 0 Å². The Balaban J connectivity index is 0.00000193. The monoisotopic (exact) mass is 588 g/mol. The SMILES string of the molecule is CC1=C(C)C(C)[C]([Zr]([CH3])([CH3])(=[SiH2])[CH]2C=C(c3cc(F)c(F)c(F)c3)c3ccccc32)=C1C.Cl.Cl. The molecule has 178 valence electrons. The van der Waals surface area contributed by atoms with Gasteiger partial charge in [-0.15, -0.1) is 24.8 Å². The van der Waals surface area contributed by atoms with Crippen LogP contribution >= 0.6 is 24.8 Å². The second kappa shape index (κ2) is 9.30. The van der Waals surface area contributed by atoms with Gasteiger partial charge in [0.1, 0.15) is 0 Å². The van der Waals surface area contributed by atoms with Crippen molar-refractivity contribution in [2.24, 2.45) is 5.92 Å². The maximum Gasteiger partial charge on any atom is -0.147 e. The first-order chi connectivity index (χ1) is 14.3. The molecule has 4 rings (SSSR count). The molecule has 2 atom stereocenters. The number of hydrogen-bond acceptors (Lipinski definition) is 0. The van der Waals surface area contributed by atoms with Gasteiger partial charge < -0.3 is 0 Å². The van der Waals surface area contributed by atoms with Gasteiger partial charge in [-0.3, -0.25) is 0 Å². The predicted octanol–water partition coefficient (Wildman–Crippen LogP) is 8.03. The summed E-state index contributed by atoms with van der Waals surface area (Å²) in [6.45, 7) is 11.2. The molecule has 0 saturated heterocycles. The molecule has 0 spiro atoms. The van der Waals surface area contributed by atoms with Gasteiger partial charge in [-0.25, -0.2) is 0 Å². The molecule has 7 heteroatoms. The van der Waals surface area contributed by atoms with Crippen molar-refractivity contribution < 1.29 is 30.6 Å². The van der Waals surface area contributed by atoms with Gasteiger partial charge in [-0.05, 0) is 0 Å². The third-order valence-electron chi connectivity index (χ3n) is 7.74.